The van der Waals surface area contributed by atoms with Crippen LogP contribution in [0.15, 0.2) is 67.0 Å². The molecule has 0 aliphatic heterocycles. The zero-order valence-electron chi connectivity index (χ0n) is 29.7. The van der Waals surface area contributed by atoms with Gasteiger partial charge in [0.2, 0.25) is 0 Å². The zero-order valence-corrected chi connectivity index (χ0v) is 30.5. The van der Waals surface area contributed by atoms with Crippen LogP contribution in [0, 0.1) is 18.3 Å². The molecule has 1 aliphatic carbocycles. The second-order valence-corrected chi connectivity index (χ2v) is 13.4. The van der Waals surface area contributed by atoms with E-state index in [4.69, 9.17) is 30.9 Å². The predicted octanol–water partition coefficient (Wildman–Crippen LogP) is 4.86. The van der Waals surface area contributed by atoms with Gasteiger partial charge in [-0.3, -0.25) is 15.1 Å². The monoisotopic (exact) mass is 744 g/mol. The third-order valence-corrected chi connectivity index (χ3v) is 9.39. The first kappa shape index (κ1) is 39.5. The standard InChI is InChI=1S/C40H45ClN4O8/c1-24-30(6-4-9-35(24)51-13-5-12-43-21-29(48)22-46)31-7-3-8-33-32(31)10-11-36(33)53-38-16-37(52-23-27-14-26(17-42)18-44-19-27)28(15-34(38)41)20-45-39(25(2)47)40(49)50/h3-4,6-9,14-16,18-19,25,29,36,39,43,45-48H,5,10-13,20-23H2,1-2H3,(H,49,50)/t25-,29-,36+,39+/m1/s1. The van der Waals surface area contributed by atoms with E-state index in [-0.39, 0.29) is 25.9 Å². The number of carbonyl (C=O) groups is 1. The molecular weight excluding hydrogens is 700 g/mol. The highest BCUT2D eigenvalue weighted by molar-refractivity contribution is 6.32. The van der Waals surface area contributed by atoms with Gasteiger partial charge in [-0.25, -0.2) is 0 Å². The Bertz CT molecular complexity index is 1920. The number of aromatic nitrogens is 1. The summed E-state index contributed by atoms with van der Waals surface area (Å²) in [5.41, 5.74) is 7.05. The first-order valence-corrected chi connectivity index (χ1v) is 17.9. The maximum atomic E-state index is 11.7. The van der Waals surface area contributed by atoms with Gasteiger partial charge in [-0.15, -0.1) is 0 Å². The number of carboxylic acid groups (broad SMARTS) is 1. The summed E-state index contributed by atoms with van der Waals surface area (Å²) in [6.07, 6.45) is 3.10. The first-order valence-electron chi connectivity index (χ1n) is 17.5. The van der Waals surface area contributed by atoms with Crippen molar-refractivity contribution in [1.29, 1.82) is 5.26 Å². The number of halogens is 1. The minimum absolute atomic E-state index is 0.0388. The van der Waals surface area contributed by atoms with E-state index in [1.165, 1.54) is 18.7 Å². The minimum Gasteiger partial charge on any atom is -0.493 e. The average molecular weight is 745 g/mol. The maximum absolute atomic E-state index is 11.7. The van der Waals surface area contributed by atoms with Crippen molar-refractivity contribution in [3.05, 3.63) is 105 Å². The lowest BCUT2D eigenvalue weighted by molar-refractivity contribution is -0.142. The van der Waals surface area contributed by atoms with E-state index in [1.54, 1.807) is 24.4 Å². The molecule has 0 unspecified atom stereocenters. The number of ether oxygens (including phenoxy) is 3. The van der Waals surface area contributed by atoms with Gasteiger partial charge in [-0.05, 0) is 85.7 Å². The van der Waals surface area contributed by atoms with Crippen molar-refractivity contribution in [2.24, 2.45) is 0 Å². The molecule has 53 heavy (non-hydrogen) atoms. The van der Waals surface area contributed by atoms with E-state index in [1.807, 2.05) is 25.1 Å². The second kappa shape index (κ2) is 18.8. The summed E-state index contributed by atoms with van der Waals surface area (Å²) in [5.74, 6) is 0.401. The van der Waals surface area contributed by atoms with E-state index in [2.05, 4.69) is 39.9 Å². The third kappa shape index (κ3) is 10.2. The Morgan fingerprint density at radius 1 is 1.08 bits per heavy atom. The lowest BCUT2D eigenvalue weighted by Gasteiger charge is -2.21. The van der Waals surface area contributed by atoms with Crippen molar-refractivity contribution in [2.75, 3.05) is 26.3 Å². The molecule has 0 spiro atoms. The van der Waals surface area contributed by atoms with Crippen LogP contribution in [0.2, 0.25) is 5.02 Å². The SMILES string of the molecule is Cc1c(OCCCNC[C@@H](O)CO)cccc1-c1cccc2c1CC[C@@H]2Oc1cc(OCc2cncc(C#N)c2)c(CN[C@H](C(=O)O)[C@@H](C)O)cc1Cl. The average Bonchev–Trinajstić information content (AvgIpc) is 3.56. The summed E-state index contributed by atoms with van der Waals surface area (Å²) in [6, 6.07) is 18.1. The molecule has 1 aliphatic rings. The summed E-state index contributed by atoms with van der Waals surface area (Å²) in [7, 11) is 0. The number of nitrogens with zero attached hydrogens (tertiary/aromatic N) is 2. The number of hydrogen-bond donors (Lipinski definition) is 6. The van der Waals surface area contributed by atoms with Crippen LogP contribution in [0.1, 0.15) is 59.3 Å². The van der Waals surface area contributed by atoms with Crippen LogP contribution in [0.25, 0.3) is 11.1 Å². The Balaban J connectivity index is 1.35. The number of pyridine rings is 1. The van der Waals surface area contributed by atoms with Crippen LogP contribution in [-0.2, 0) is 24.4 Å². The molecule has 0 saturated carbocycles. The molecule has 1 heterocycles. The fourth-order valence-electron chi connectivity index (χ4n) is 6.33. The molecule has 0 saturated heterocycles. The Hall–Kier alpha value is -4.74. The molecule has 4 atom stereocenters. The lowest BCUT2D eigenvalue weighted by atomic mass is 9.93. The molecule has 0 amide bonds. The Labute approximate surface area is 313 Å². The number of rotatable bonds is 19. The van der Waals surface area contributed by atoms with Gasteiger partial charge in [0.1, 0.15) is 42.1 Å². The summed E-state index contributed by atoms with van der Waals surface area (Å²) in [6.45, 7) is 4.78. The Morgan fingerprint density at radius 2 is 1.87 bits per heavy atom. The van der Waals surface area contributed by atoms with Crippen molar-refractivity contribution in [3.8, 4) is 34.4 Å². The van der Waals surface area contributed by atoms with Crippen LogP contribution >= 0.6 is 11.6 Å². The fourth-order valence-corrected chi connectivity index (χ4v) is 6.56. The molecule has 1 aromatic heterocycles. The van der Waals surface area contributed by atoms with Crippen LogP contribution in [-0.4, -0.2) is 75.9 Å². The molecule has 13 heteroatoms. The van der Waals surface area contributed by atoms with Crippen molar-refractivity contribution >= 4 is 17.6 Å². The number of aliphatic hydroxyl groups is 3. The molecule has 0 bridgehead atoms. The van der Waals surface area contributed by atoms with Crippen molar-refractivity contribution in [1.82, 2.24) is 15.6 Å². The number of nitrogens with one attached hydrogen (secondary N) is 2. The molecule has 0 fully saturated rings. The van der Waals surface area contributed by atoms with Gasteiger partial charge < -0.3 is 40.0 Å². The highest BCUT2D eigenvalue weighted by atomic mass is 35.5. The van der Waals surface area contributed by atoms with Crippen LogP contribution in [0.4, 0.5) is 0 Å². The van der Waals surface area contributed by atoms with E-state index < -0.39 is 24.2 Å². The number of carboxylic acids is 1. The number of benzene rings is 3. The van der Waals surface area contributed by atoms with Crippen molar-refractivity contribution in [2.45, 2.75) is 70.6 Å². The van der Waals surface area contributed by atoms with E-state index in [9.17, 15) is 25.4 Å². The first-order chi connectivity index (χ1) is 25.6. The van der Waals surface area contributed by atoms with E-state index >= 15 is 0 Å². The van der Waals surface area contributed by atoms with Gasteiger partial charge in [0.25, 0.3) is 0 Å². The smallest absolute Gasteiger partial charge is 0.323 e. The van der Waals surface area contributed by atoms with Gasteiger partial charge in [0.15, 0.2) is 0 Å². The molecule has 5 rings (SSSR count). The van der Waals surface area contributed by atoms with Gasteiger partial charge >= 0.3 is 5.97 Å². The highest BCUT2D eigenvalue weighted by Crippen LogP contribution is 2.44. The van der Waals surface area contributed by atoms with Crippen LogP contribution in [0.5, 0.6) is 17.2 Å². The normalized spacial score (nSPS) is 15.2. The molecule has 6 N–H and O–H groups in total. The maximum Gasteiger partial charge on any atom is 0.323 e. The summed E-state index contributed by atoms with van der Waals surface area (Å²) in [5, 5.41) is 53.6. The quantitative estimate of drug-likeness (QED) is 0.0718. The molecule has 12 nitrogen and oxygen atoms in total. The molecule has 4 aromatic rings. The number of fused-ring (bicyclic) bond motifs is 1. The van der Waals surface area contributed by atoms with Gasteiger partial charge in [-0.1, -0.05) is 41.9 Å². The summed E-state index contributed by atoms with van der Waals surface area (Å²) < 4.78 is 18.9. The largest absolute Gasteiger partial charge is 0.493 e. The Morgan fingerprint density at radius 3 is 2.62 bits per heavy atom. The zero-order chi connectivity index (χ0) is 37.9. The number of aliphatic carboxylic acids is 1. The highest BCUT2D eigenvalue weighted by Gasteiger charge is 2.29. The van der Waals surface area contributed by atoms with Crippen LogP contribution in [0.3, 0.4) is 0 Å². The summed E-state index contributed by atoms with van der Waals surface area (Å²) in [4.78, 5) is 15.8. The van der Waals surface area contributed by atoms with E-state index in [0.717, 1.165) is 47.3 Å². The van der Waals surface area contributed by atoms with Gasteiger partial charge in [0, 0.05) is 42.7 Å². The molecule has 280 valence electrons. The molecule has 3 aromatic carbocycles. The van der Waals surface area contributed by atoms with E-state index in [0.29, 0.717) is 52.9 Å². The number of hydrogen-bond acceptors (Lipinski definition) is 11. The second-order valence-electron chi connectivity index (χ2n) is 13.0. The minimum atomic E-state index is -1.21. The topological polar surface area (TPSA) is 186 Å². The van der Waals surface area contributed by atoms with Crippen molar-refractivity contribution in [3.63, 3.8) is 0 Å². The third-order valence-electron chi connectivity index (χ3n) is 9.10. The number of nitriles is 1. The molecular formula is C40H45ClN4O8. The van der Waals surface area contributed by atoms with Crippen molar-refractivity contribution < 1.29 is 39.4 Å². The molecule has 0 radical (unpaired) electrons. The fraction of sp³-hybridized carbons (Fsp3) is 0.375. The predicted molar refractivity (Wildman–Crippen MR) is 199 cm³/mol. The van der Waals surface area contributed by atoms with Gasteiger partial charge in [0.05, 0.1) is 36.0 Å². The summed E-state index contributed by atoms with van der Waals surface area (Å²) >= 11 is 6.80. The number of aliphatic hydroxyl groups excluding tert-OH is 3. The van der Waals surface area contributed by atoms with Gasteiger partial charge in [-0.2, -0.15) is 5.26 Å². The lowest BCUT2D eigenvalue weighted by Crippen LogP contribution is -2.44. The van der Waals surface area contributed by atoms with Crippen LogP contribution < -0.4 is 24.8 Å². The Kier molecular flexibility index (Phi) is 14.0.